The number of hydroxylamine groups is 1. The third kappa shape index (κ3) is 10.9. The van der Waals surface area contributed by atoms with Crippen molar-refractivity contribution in [3.63, 3.8) is 0 Å². The lowest BCUT2D eigenvalue weighted by Gasteiger charge is -2.06. The fraction of sp³-hybridized carbons (Fsp3) is 0.263. The van der Waals surface area contributed by atoms with Gasteiger partial charge in [-0.1, -0.05) is 54.8 Å². The average Bonchev–Trinajstić information content (AvgIpc) is 2.65. The number of carbonyl (C=O) groups excluding carboxylic acids is 2. The number of hydrogen-bond acceptors (Lipinski definition) is 6. The molecule has 8 heteroatoms. The number of hydrogen-bond donors (Lipinski definition) is 1. The average molecular weight is 407 g/mol. The predicted molar refractivity (Wildman–Crippen MR) is 110 cm³/mol. The lowest BCUT2D eigenvalue weighted by molar-refractivity contribution is -0.144. The predicted octanol–water partition coefficient (Wildman–Crippen LogP) is 3.80. The van der Waals surface area contributed by atoms with Gasteiger partial charge < -0.3 is 9.68 Å². The van der Waals surface area contributed by atoms with Gasteiger partial charge in [-0.25, -0.2) is 15.1 Å². The summed E-state index contributed by atoms with van der Waals surface area (Å²) in [6, 6.07) is 5.17. The molecule has 27 heavy (non-hydrogen) atoms. The molecule has 1 N–H and O–H groups in total. The second-order valence-corrected chi connectivity index (χ2v) is 6.11. The van der Waals surface area contributed by atoms with Crippen molar-refractivity contribution in [2.24, 2.45) is 0 Å². The number of unbranched alkanes of at least 4 members (excludes halogenated alkanes) is 2. The van der Waals surface area contributed by atoms with E-state index >= 15 is 0 Å². The summed E-state index contributed by atoms with van der Waals surface area (Å²) in [6.45, 7) is 1.88. The first-order chi connectivity index (χ1) is 13.0. The number of aromatic nitrogens is 1. The molecule has 0 aromatic carbocycles. The van der Waals surface area contributed by atoms with Crippen molar-refractivity contribution in [3.8, 4) is 0 Å². The molecule has 1 rings (SSSR count). The molecule has 0 bridgehead atoms. The summed E-state index contributed by atoms with van der Waals surface area (Å²) in [7, 11) is 0. The third-order valence-electron chi connectivity index (χ3n) is 3.05. The minimum atomic E-state index is -0.547. The molecule has 0 atom stereocenters. The molecule has 0 aliphatic carbocycles. The lowest BCUT2D eigenvalue weighted by Crippen LogP contribution is -2.22. The molecule has 0 aliphatic heterocycles. The molecule has 1 aromatic heterocycles. The molecule has 1 heterocycles. The second kappa shape index (κ2) is 13.6. The van der Waals surface area contributed by atoms with Gasteiger partial charge in [-0.15, -0.1) is 0 Å². The molecule has 1 aromatic rings. The third-order valence-corrected chi connectivity index (χ3v) is 3.58. The molecule has 0 amide bonds. The summed E-state index contributed by atoms with van der Waals surface area (Å²) in [5.74, 6) is -0.904. The largest absolute Gasteiger partial charge is 0.355 e. The maximum absolute atomic E-state index is 11.7. The SMILES string of the molecule is C/C=C\C=C/C(=S)NOC(=O)/C=C/CCCCC(=O)On1ccccc1=S. The molecular weight excluding hydrogens is 384 g/mol. The number of nitrogens with one attached hydrogen (secondary N) is 1. The summed E-state index contributed by atoms with van der Waals surface area (Å²) in [5.41, 5.74) is 2.37. The van der Waals surface area contributed by atoms with Crippen LogP contribution in [0.4, 0.5) is 0 Å². The molecule has 0 radical (unpaired) electrons. The Bertz CT molecular complexity index is 782. The summed E-state index contributed by atoms with van der Waals surface area (Å²) < 4.78 is 1.69. The molecular formula is C19H22N2O4S2. The number of thiocarbonyl (C=S) groups is 1. The van der Waals surface area contributed by atoms with Crippen molar-refractivity contribution in [3.05, 3.63) is 65.5 Å². The van der Waals surface area contributed by atoms with E-state index in [0.29, 0.717) is 22.5 Å². The Kier molecular flexibility index (Phi) is 11.3. The fourth-order valence-electron chi connectivity index (χ4n) is 1.78. The first-order valence-electron chi connectivity index (χ1n) is 8.38. The van der Waals surface area contributed by atoms with Gasteiger partial charge in [0.2, 0.25) is 0 Å². The van der Waals surface area contributed by atoms with Crippen molar-refractivity contribution < 1.29 is 19.3 Å². The zero-order valence-corrected chi connectivity index (χ0v) is 16.6. The van der Waals surface area contributed by atoms with Crippen molar-refractivity contribution in [1.29, 1.82) is 0 Å². The van der Waals surface area contributed by atoms with Gasteiger partial charge in [0.05, 0.1) is 0 Å². The Morgan fingerprint density at radius 3 is 2.78 bits per heavy atom. The van der Waals surface area contributed by atoms with E-state index in [1.165, 1.54) is 10.8 Å². The van der Waals surface area contributed by atoms with Crippen LogP contribution in [0.5, 0.6) is 0 Å². The van der Waals surface area contributed by atoms with E-state index in [1.54, 1.807) is 48.7 Å². The van der Waals surface area contributed by atoms with Gasteiger partial charge in [0.25, 0.3) is 0 Å². The zero-order valence-electron chi connectivity index (χ0n) is 15.0. The van der Waals surface area contributed by atoms with Crippen LogP contribution < -0.4 is 10.3 Å². The highest BCUT2D eigenvalue weighted by Crippen LogP contribution is 2.02. The molecule has 0 spiro atoms. The second-order valence-electron chi connectivity index (χ2n) is 5.25. The minimum Gasteiger partial charge on any atom is -0.338 e. The van der Waals surface area contributed by atoms with E-state index in [1.807, 2.05) is 13.0 Å². The molecule has 0 saturated carbocycles. The van der Waals surface area contributed by atoms with E-state index in [0.717, 1.165) is 6.42 Å². The fourth-order valence-corrected chi connectivity index (χ4v) is 2.07. The molecule has 0 saturated heterocycles. The van der Waals surface area contributed by atoms with Gasteiger partial charge >= 0.3 is 11.9 Å². The highest BCUT2D eigenvalue weighted by Gasteiger charge is 2.04. The number of carbonyl (C=O) groups is 2. The van der Waals surface area contributed by atoms with Crippen molar-refractivity contribution in [1.82, 2.24) is 10.2 Å². The number of rotatable bonds is 9. The van der Waals surface area contributed by atoms with Crippen molar-refractivity contribution in [2.45, 2.75) is 32.6 Å². The Hall–Kier alpha value is -2.58. The molecule has 6 nitrogen and oxygen atoms in total. The van der Waals surface area contributed by atoms with Crippen LogP contribution >= 0.6 is 24.4 Å². The van der Waals surface area contributed by atoms with Crippen LogP contribution in [0.1, 0.15) is 32.6 Å². The summed E-state index contributed by atoms with van der Waals surface area (Å²) in [5, 5.41) is 0. The van der Waals surface area contributed by atoms with Crippen LogP contribution in [-0.4, -0.2) is 21.7 Å². The molecule has 0 unspecified atom stereocenters. The Labute approximate surface area is 169 Å². The van der Waals surface area contributed by atoms with Crippen LogP contribution in [0, 0.1) is 4.64 Å². The van der Waals surface area contributed by atoms with E-state index in [9.17, 15) is 9.59 Å². The van der Waals surface area contributed by atoms with Gasteiger partial charge in [-0.05, 0) is 44.4 Å². The van der Waals surface area contributed by atoms with Gasteiger partial charge in [0, 0.05) is 18.7 Å². The smallest absolute Gasteiger partial charge is 0.338 e. The van der Waals surface area contributed by atoms with E-state index < -0.39 is 5.97 Å². The van der Waals surface area contributed by atoms with Crippen LogP contribution in [0.2, 0.25) is 0 Å². The van der Waals surface area contributed by atoms with Crippen molar-refractivity contribution >= 4 is 41.4 Å². The van der Waals surface area contributed by atoms with E-state index in [4.69, 9.17) is 34.1 Å². The van der Waals surface area contributed by atoms with Crippen LogP contribution in [0.25, 0.3) is 0 Å². The van der Waals surface area contributed by atoms with Gasteiger partial charge in [0.1, 0.15) is 9.63 Å². The van der Waals surface area contributed by atoms with Crippen LogP contribution in [-0.2, 0) is 14.4 Å². The maximum Gasteiger partial charge on any atom is 0.355 e. The molecule has 144 valence electrons. The van der Waals surface area contributed by atoms with Gasteiger partial charge in [-0.3, -0.25) is 0 Å². The molecule has 0 aliphatic rings. The van der Waals surface area contributed by atoms with Crippen LogP contribution in [0.15, 0.2) is 60.9 Å². The monoisotopic (exact) mass is 406 g/mol. The van der Waals surface area contributed by atoms with Crippen LogP contribution in [0.3, 0.4) is 0 Å². The highest BCUT2D eigenvalue weighted by atomic mass is 32.1. The zero-order chi connectivity index (χ0) is 19.9. The minimum absolute atomic E-state index is 0.267. The number of pyridine rings is 1. The Balaban J connectivity index is 2.15. The first-order valence-corrected chi connectivity index (χ1v) is 9.20. The van der Waals surface area contributed by atoms with Gasteiger partial charge in [0.15, 0.2) is 0 Å². The standard InChI is InChI=1S/C19H22N2O4S2/c1-2-3-6-11-16(26)20-24-18(22)13-7-4-5-8-14-19(23)25-21-15-10-9-12-17(21)27/h2-3,6-7,9-13,15H,4-5,8,14H2,1H3,(H,20,26)/b3-2-,11-6-,13-7+. The number of allylic oxidation sites excluding steroid dienone is 4. The summed E-state index contributed by atoms with van der Waals surface area (Å²) in [6.07, 6.45) is 13.8. The van der Waals surface area contributed by atoms with Gasteiger partial charge in [-0.2, -0.15) is 4.73 Å². The normalized spacial score (nSPS) is 11.1. The lowest BCUT2D eigenvalue weighted by atomic mass is 10.2. The summed E-state index contributed by atoms with van der Waals surface area (Å²) >= 11 is 9.99. The summed E-state index contributed by atoms with van der Waals surface area (Å²) in [4.78, 5) is 33.4. The van der Waals surface area contributed by atoms with Crippen molar-refractivity contribution in [2.75, 3.05) is 0 Å². The van der Waals surface area contributed by atoms with E-state index in [2.05, 4.69) is 5.48 Å². The Morgan fingerprint density at radius 1 is 1.22 bits per heavy atom. The highest BCUT2D eigenvalue weighted by molar-refractivity contribution is 7.80. The number of nitrogens with zero attached hydrogens (tertiary/aromatic N) is 1. The van der Waals surface area contributed by atoms with E-state index in [-0.39, 0.29) is 12.4 Å². The first kappa shape index (κ1) is 22.5. The Morgan fingerprint density at radius 2 is 2.04 bits per heavy atom. The quantitative estimate of drug-likeness (QED) is 0.220. The maximum atomic E-state index is 11.7. The topological polar surface area (TPSA) is 69.6 Å². The molecule has 0 fully saturated rings.